The van der Waals surface area contributed by atoms with E-state index in [-0.39, 0.29) is 11.3 Å². The fraction of sp³-hybridized carbons (Fsp3) is 0.733. The molecule has 0 bridgehead atoms. The predicted octanol–water partition coefficient (Wildman–Crippen LogP) is 2.19. The van der Waals surface area contributed by atoms with Gasteiger partial charge < -0.3 is 10.2 Å². The number of rotatable bonds is 8. The highest BCUT2D eigenvalue weighted by molar-refractivity contribution is 7.14. The lowest BCUT2D eigenvalue weighted by Crippen LogP contribution is -2.37. The summed E-state index contributed by atoms with van der Waals surface area (Å²) in [5.74, 6) is 0.0403. The molecule has 120 valence electrons. The van der Waals surface area contributed by atoms with E-state index in [1.165, 1.54) is 11.3 Å². The standard InChI is InChI=1S/C15H28N4OS/c1-7-19(12(2)20)14-17-13(9-21-14)8-16-10-15(3,4)11-18(5)6/h9,16H,7-8,10-11H2,1-6H3. The number of anilines is 1. The number of carbonyl (C=O) groups is 1. The maximum absolute atomic E-state index is 11.5. The van der Waals surface area contributed by atoms with Crippen molar-refractivity contribution in [3.8, 4) is 0 Å². The molecule has 0 aliphatic heterocycles. The van der Waals surface area contributed by atoms with Crippen molar-refractivity contribution in [1.29, 1.82) is 0 Å². The monoisotopic (exact) mass is 312 g/mol. The topological polar surface area (TPSA) is 48.5 Å². The molecule has 1 aromatic rings. The molecule has 0 saturated heterocycles. The van der Waals surface area contributed by atoms with Crippen molar-refractivity contribution in [1.82, 2.24) is 15.2 Å². The largest absolute Gasteiger partial charge is 0.311 e. The number of amides is 1. The molecule has 0 aromatic carbocycles. The molecule has 1 aromatic heterocycles. The second-order valence-corrected chi connectivity index (χ2v) is 7.23. The second-order valence-electron chi connectivity index (χ2n) is 6.39. The minimum Gasteiger partial charge on any atom is -0.311 e. The first-order chi connectivity index (χ1) is 9.75. The van der Waals surface area contributed by atoms with E-state index in [9.17, 15) is 4.79 Å². The predicted molar refractivity (Wildman–Crippen MR) is 89.9 cm³/mol. The van der Waals surface area contributed by atoms with E-state index in [0.717, 1.165) is 30.5 Å². The van der Waals surface area contributed by atoms with Crippen LogP contribution in [0.15, 0.2) is 5.38 Å². The van der Waals surface area contributed by atoms with E-state index in [1.54, 1.807) is 11.8 Å². The Balaban J connectivity index is 2.50. The fourth-order valence-electron chi connectivity index (χ4n) is 2.43. The van der Waals surface area contributed by atoms with Gasteiger partial charge in [-0.15, -0.1) is 11.3 Å². The van der Waals surface area contributed by atoms with Crippen LogP contribution in [0.4, 0.5) is 5.13 Å². The number of nitrogens with zero attached hydrogens (tertiary/aromatic N) is 3. The van der Waals surface area contributed by atoms with Crippen LogP contribution in [0.2, 0.25) is 0 Å². The molecule has 1 rings (SSSR count). The SMILES string of the molecule is CCN(C(C)=O)c1nc(CNCC(C)(C)CN(C)C)cs1. The molecule has 0 saturated carbocycles. The van der Waals surface area contributed by atoms with Crippen LogP contribution in [-0.2, 0) is 11.3 Å². The summed E-state index contributed by atoms with van der Waals surface area (Å²) in [6.07, 6.45) is 0. The summed E-state index contributed by atoms with van der Waals surface area (Å²) in [5.41, 5.74) is 1.22. The van der Waals surface area contributed by atoms with E-state index in [4.69, 9.17) is 0 Å². The molecule has 1 amide bonds. The third-order valence-electron chi connectivity index (χ3n) is 3.12. The van der Waals surface area contributed by atoms with Crippen molar-refractivity contribution >= 4 is 22.4 Å². The van der Waals surface area contributed by atoms with Crippen molar-refractivity contribution in [2.75, 3.05) is 38.6 Å². The van der Waals surface area contributed by atoms with Crippen LogP contribution in [0.5, 0.6) is 0 Å². The molecular formula is C15H28N4OS. The number of nitrogens with one attached hydrogen (secondary N) is 1. The summed E-state index contributed by atoms with van der Waals surface area (Å²) in [4.78, 5) is 19.9. The van der Waals surface area contributed by atoms with Crippen LogP contribution in [0, 0.1) is 5.41 Å². The van der Waals surface area contributed by atoms with Crippen LogP contribution >= 0.6 is 11.3 Å². The van der Waals surface area contributed by atoms with Gasteiger partial charge in [0.05, 0.1) is 5.69 Å². The third-order valence-corrected chi connectivity index (χ3v) is 4.03. The number of hydrogen-bond acceptors (Lipinski definition) is 5. The lowest BCUT2D eigenvalue weighted by atomic mass is 9.93. The molecule has 0 radical (unpaired) electrons. The van der Waals surface area contributed by atoms with Crippen molar-refractivity contribution in [3.63, 3.8) is 0 Å². The molecule has 0 atom stereocenters. The molecule has 0 aliphatic carbocycles. The Labute approximate surface area is 132 Å². The summed E-state index contributed by atoms with van der Waals surface area (Å²) in [5, 5.41) is 6.27. The van der Waals surface area contributed by atoms with Gasteiger partial charge >= 0.3 is 0 Å². The average Bonchev–Trinajstić information content (AvgIpc) is 2.76. The highest BCUT2D eigenvalue weighted by Crippen LogP contribution is 2.21. The maximum Gasteiger partial charge on any atom is 0.225 e. The van der Waals surface area contributed by atoms with Gasteiger partial charge in [0, 0.05) is 38.5 Å². The van der Waals surface area contributed by atoms with Gasteiger partial charge in [-0.3, -0.25) is 9.69 Å². The number of thiazole rings is 1. The number of carbonyl (C=O) groups excluding carboxylic acids is 1. The molecule has 5 nitrogen and oxygen atoms in total. The summed E-state index contributed by atoms with van der Waals surface area (Å²) in [6.45, 7) is 11.4. The summed E-state index contributed by atoms with van der Waals surface area (Å²) < 4.78 is 0. The minimum absolute atomic E-state index is 0.0403. The Bertz CT molecular complexity index is 456. The Morgan fingerprint density at radius 1 is 1.43 bits per heavy atom. The van der Waals surface area contributed by atoms with Crippen LogP contribution < -0.4 is 10.2 Å². The number of hydrogen-bond donors (Lipinski definition) is 1. The van der Waals surface area contributed by atoms with Gasteiger partial charge in [0.1, 0.15) is 0 Å². The van der Waals surface area contributed by atoms with Crippen LogP contribution in [-0.4, -0.2) is 49.5 Å². The minimum atomic E-state index is 0.0403. The Morgan fingerprint density at radius 2 is 2.10 bits per heavy atom. The Hall–Kier alpha value is -0.980. The first-order valence-electron chi connectivity index (χ1n) is 7.33. The van der Waals surface area contributed by atoms with Crippen LogP contribution in [0.1, 0.15) is 33.4 Å². The lowest BCUT2D eigenvalue weighted by molar-refractivity contribution is -0.116. The maximum atomic E-state index is 11.5. The van der Waals surface area contributed by atoms with Gasteiger partial charge in [-0.05, 0) is 26.4 Å². The van der Waals surface area contributed by atoms with Gasteiger partial charge in [-0.25, -0.2) is 4.98 Å². The molecule has 0 aliphatic rings. The van der Waals surface area contributed by atoms with Crippen molar-refractivity contribution in [3.05, 3.63) is 11.1 Å². The zero-order valence-electron chi connectivity index (χ0n) is 14.1. The van der Waals surface area contributed by atoms with Gasteiger partial charge in [-0.2, -0.15) is 0 Å². The molecular weight excluding hydrogens is 284 g/mol. The summed E-state index contributed by atoms with van der Waals surface area (Å²) in [7, 11) is 4.19. The third kappa shape index (κ3) is 6.11. The van der Waals surface area contributed by atoms with Crippen LogP contribution in [0.3, 0.4) is 0 Å². The van der Waals surface area contributed by atoms with E-state index in [1.807, 2.05) is 12.3 Å². The average molecular weight is 312 g/mol. The molecule has 6 heteroatoms. The van der Waals surface area contributed by atoms with E-state index >= 15 is 0 Å². The first-order valence-corrected chi connectivity index (χ1v) is 8.21. The zero-order chi connectivity index (χ0) is 16.0. The molecule has 0 spiro atoms. The van der Waals surface area contributed by atoms with Crippen molar-refractivity contribution in [2.24, 2.45) is 5.41 Å². The quantitative estimate of drug-likeness (QED) is 0.799. The molecule has 0 fully saturated rings. The molecule has 0 unspecified atom stereocenters. The highest BCUT2D eigenvalue weighted by Gasteiger charge is 2.19. The first kappa shape index (κ1) is 18.1. The number of aromatic nitrogens is 1. The van der Waals surface area contributed by atoms with Crippen LogP contribution in [0.25, 0.3) is 0 Å². The van der Waals surface area contributed by atoms with Crippen molar-refractivity contribution in [2.45, 2.75) is 34.2 Å². The second kappa shape index (κ2) is 7.87. The molecule has 21 heavy (non-hydrogen) atoms. The zero-order valence-corrected chi connectivity index (χ0v) is 14.9. The summed E-state index contributed by atoms with van der Waals surface area (Å²) >= 11 is 1.52. The molecule has 1 heterocycles. The fourth-order valence-corrected chi connectivity index (χ4v) is 3.37. The van der Waals surface area contributed by atoms with Gasteiger partial charge in [0.25, 0.3) is 0 Å². The summed E-state index contributed by atoms with van der Waals surface area (Å²) in [6, 6.07) is 0. The van der Waals surface area contributed by atoms with Gasteiger partial charge in [0.15, 0.2) is 5.13 Å². The van der Waals surface area contributed by atoms with Gasteiger partial charge in [0.2, 0.25) is 5.91 Å². The smallest absolute Gasteiger partial charge is 0.225 e. The Morgan fingerprint density at radius 3 is 2.62 bits per heavy atom. The van der Waals surface area contributed by atoms with E-state index in [2.05, 4.69) is 43.1 Å². The van der Waals surface area contributed by atoms with Crippen molar-refractivity contribution < 1.29 is 4.79 Å². The normalized spacial score (nSPS) is 12.0. The van der Waals surface area contributed by atoms with Gasteiger partial charge in [-0.1, -0.05) is 13.8 Å². The lowest BCUT2D eigenvalue weighted by Gasteiger charge is -2.28. The molecule has 1 N–H and O–H groups in total. The van der Waals surface area contributed by atoms with E-state index < -0.39 is 0 Å². The highest BCUT2D eigenvalue weighted by atomic mass is 32.1. The van der Waals surface area contributed by atoms with E-state index in [0.29, 0.717) is 6.54 Å². The Kier molecular flexibility index (Phi) is 6.77.